The van der Waals surface area contributed by atoms with Crippen LogP contribution in [-0.2, 0) is 10.2 Å². The summed E-state index contributed by atoms with van der Waals surface area (Å²) in [6.45, 7) is 5.11. The fraction of sp³-hybridized carbons (Fsp3) is 1.00. The lowest BCUT2D eigenvalue weighted by molar-refractivity contribution is 0.399. The van der Waals surface area contributed by atoms with Gasteiger partial charge in [-0.05, 0) is 12.8 Å². The molecule has 0 saturated heterocycles. The summed E-state index contributed by atoms with van der Waals surface area (Å²) in [5.74, 6) is 0. The third-order valence-electron chi connectivity index (χ3n) is 1.84. The summed E-state index contributed by atoms with van der Waals surface area (Å²) in [5, 5.41) is 5.05. The number of nitrogens with two attached hydrogens (primary N) is 1. The van der Waals surface area contributed by atoms with Crippen molar-refractivity contribution in [3.8, 4) is 0 Å². The van der Waals surface area contributed by atoms with E-state index >= 15 is 0 Å². The Balaban J connectivity index is 3.96. The first-order valence-electron chi connectivity index (χ1n) is 4.80. The molecule has 0 aliphatic heterocycles. The molecule has 0 unspecified atom stereocenters. The summed E-state index contributed by atoms with van der Waals surface area (Å²) in [7, 11) is -3.47. The van der Waals surface area contributed by atoms with Crippen LogP contribution in [0.25, 0.3) is 0 Å². The van der Waals surface area contributed by atoms with Gasteiger partial charge in [-0.1, -0.05) is 26.7 Å². The van der Waals surface area contributed by atoms with Gasteiger partial charge in [0.15, 0.2) is 0 Å². The Hall–Kier alpha value is -0.130. The molecule has 0 aromatic carbocycles. The van der Waals surface area contributed by atoms with E-state index in [1.54, 1.807) is 0 Å². The number of nitrogens with zero attached hydrogens (tertiary/aromatic N) is 1. The van der Waals surface area contributed by atoms with Gasteiger partial charge in [0.2, 0.25) is 0 Å². The highest BCUT2D eigenvalue weighted by Crippen LogP contribution is 2.02. The zero-order valence-electron chi connectivity index (χ0n) is 8.49. The minimum absolute atomic E-state index is 0.530. The predicted molar refractivity (Wildman–Crippen MR) is 54.5 cm³/mol. The van der Waals surface area contributed by atoms with Crippen molar-refractivity contribution >= 4 is 10.2 Å². The lowest BCUT2D eigenvalue weighted by Crippen LogP contribution is -2.37. The number of hydrogen-bond donors (Lipinski definition) is 1. The van der Waals surface area contributed by atoms with Crippen molar-refractivity contribution < 1.29 is 8.42 Å². The van der Waals surface area contributed by atoms with Crippen LogP contribution >= 0.6 is 0 Å². The molecule has 0 amide bonds. The van der Waals surface area contributed by atoms with Crippen molar-refractivity contribution in [2.24, 2.45) is 5.14 Å². The molecule has 0 aliphatic rings. The third-order valence-corrected chi connectivity index (χ3v) is 2.93. The van der Waals surface area contributed by atoms with E-state index in [9.17, 15) is 8.42 Å². The Morgan fingerprint density at radius 1 is 1.08 bits per heavy atom. The Bertz CT molecular complexity index is 214. The quantitative estimate of drug-likeness (QED) is 0.637. The Labute approximate surface area is 81.3 Å². The van der Waals surface area contributed by atoms with E-state index < -0.39 is 10.2 Å². The smallest absolute Gasteiger partial charge is 0.216 e. The molecule has 0 atom stereocenters. The van der Waals surface area contributed by atoms with E-state index in [1.165, 1.54) is 4.31 Å². The van der Waals surface area contributed by atoms with Gasteiger partial charge >= 0.3 is 0 Å². The molecular weight excluding hydrogens is 188 g/mol. The maximum absolute atomic E-state index is 11.0. The zero-order chi connectivity index (χ0) is 10.3. The normalized spacial score (nSPS) is 12.3. The monoisotopic (exact) mass is 208 g/mol. The van der Waals surface area contributed by atoms with Crippen LogP contribution in [0, 0.1) is 0 Å². The van der Waals surface area contributed by atoms with Gasteiger partial charge in [-0.25, -0.2) is 5.14 Å². The Morgan fingerprint density at radius 3 is 2.08 bits per heavy atom. The summed E-state index contributed by atoms with van der Waals surface area (Å²) in [6, 6.07) is 0. The summed E-state index contributed by atoms with van der Waals surface area (Å²) >= 11 is 0. The first kappa shape index (κ1) is 12.9. The standard InChI is InChI=1S/C8H20N2O2S/c1-3-5-6-8-10(7-4-2)13(9,11)12/h3-8H2,1-2H3,(H2,9,11,12). The molecule has 5 heteroatoms. The molecule has 0 fully saturated rings. The first-order valence-corrected chi connectivity index (χ1v) is 6.30. The van der Waals surface area contributed by atoms with Crippen LogP contribution in [0.4, 0.5) is 0 Å². The molecule has 0 aromatic rings. The maximum atomic E-state index is 11.0. The van der Waals surface area contributed by atoms with E-state index in [0.717, 1.165) is 25.7 Å². The average molecular weight is 208 g/mol. The van der Waals surface area contributed by atoms with Crippen molar-refractivity contribution in [2.45, 2.75) is 39.5 Å². The lowest BCUT2D eigenvalue weighted by Gasteiger charge is -2.17. The molecule has 0 spiro atoms. The van der Waals surface area contributed by atoms with Crippen LogP contribution in [0.3, 0.4) is 0 Å². The van der Waals surface area contributed by atoms with Crippen LogP contribution < -0.4 is 5.14 Å². The van der Waals surface area contributed by atoms with Crippen LogP contribution in [0.2, 0.25) is 0 Å². The van der Waals surface area contributed by atoms with Crippen molar-refractivity contribution in [3.05, 3.63) is 0 Å². The first-order chi connectivity index (χ1) is 6.02. The number of rotatable bonds is 7. The third kappa shape index (κ3) is 6.01. The van der Waals surface area contributed by atoms with E-state index in [-0.39, 0.29) is 0 Å². The van der Waals surface area contributed by atoms with E-state index in [2.05, 4.69) is 6.92 Å². The van der Waals surface area contributed by atoms with Crippen molar-refractivity contribution in [3.63, 3.8) is 0 Å². The highest BCUT2D eigenvalue weighted by Gasteiger charge is 2.14. The minimum Gasteiger partial charge on any atom is -0.216 e. The molecular formula is C8H20N2O2S. The molecule has 13 heavy (non-hydrogen) atoms. The summed E-state index contributed by atoms with van der Waals surface area (Å²) in [5.41, 5.74) is 0. The molecule has 4 nitrogen and oxygen atoms in total. The Kier molecular flexibility index (Phi) is 6.28. The SMILES string of the molecule is CCCCCN(CCC)S(N)(=O)=O. The van der Waals surface area contributed by atoms with E-state index in [0.29, 0.717) is 13.1 Å². The topological polar surface area (TPSA) is 63.4 Å². The van der Waals surface area contributed by atoms with Gasteiger partial charge in [-0.15, -0.1) is 0 Å². The highest BCUT2D eigenvalue weighted by atomic mass is 32.2. The van der Waals surface area contributed by atoms with Crippen molar-refractivity contribution in [2.75, 3.05) is 13.1 Å². The average Bonchev–Trinajstić information content (AvgIpc) is 2.01. The second-order valence-corrected chi connectivity index (χ2v) is 4.70. The van der Waals surface area contributed by atoms with Gasteiger partial charge < -0.3 is 0 Å². The molecule has 80 valence electrons. The predicted octanol–water partition coefficient (Wildman–Crippen LogP) is 1.09. The van der Waals surface area contributed by atoms with Crippen LogP contribution in [-0.4, -0.2) is 25.8 Å². The second-order valence-electron chi connectivity index (χ2n) is 3.15. The largest absolute Gasteiger partial charge is 0.276 e. The number of unbranched alkanes of at least 4 members (excludes halogenated alkanes) is 2. The molecule has 0 heterocycles. The van der Waals surface area contributed by atoms with Crippen LogP contribution in [0.1, 0.15) is 39.5 Å². The molecule has 2 N–H and O–H groups in total. The van der Waals surface area contributed by atoms with Gasteiger partial charge in [0.25, 0.3) is 10.2 Å². The van der Waals surface area contributed by atoms with E-state index in [4.69, 9.17) is 5.14 Å². The van der Waals surface area contributed by atoms with Crippen LogP contribution in [0.5, 0.6) is 0 Å². The second kappa shape index (κ2) is 6.34. The van der Waals surface area contributed by atoms with Crippen LogP contribution in [0.15, 0.2) is 0 Å². The molecule has 0 rings (SSSR count). The summed E-state index contributed by atoms with van der Waals surface area (Å²) in [6.07, 6.45) is 3.84. The van der Waals surface area contributed by atoms with Gasteiger partial charge in [0.1, 0.15) is 0 Å². The molecule has 0 bridgehead atoms. The fourth-order valence-corrected chi connectivity index (χ4v) is 1.97. The van der Waals surface area contributed by atoms with Crippen molar-refractivity contribution in [1.29, 1.82) is 0 Å². The lowest BCUT2D eigenvalue weighted by atomic mass is 10.2. The van der Waals surface area contributed by atoms with E-state index in [1.807, 2.05) is 6.92 Å². The van der Waals surface area contributed by atoms with Crippen molar-refractivity contribution in [1.82, 2.24) is 4.31 Å². The van der Waals surface area contributed by atoms with Gasteiger partial charge in [-0.3, -0.25) is 0 Å². The highest BCUT2D eigenvalue weighted by molar-refractivity contribution is 7.86. The minimum atomic E-state index is -3.47. The maximum Gasteiger partial charge on any atom is 0.276 e. The molecule has 0 aromatic heterocycles. The molecule has 0 radical (unpaired) electrons. The molecule has 0 saturated carbocycles. The summed E-state index contributed by atoms with van der Waals surface area (Å²) < 4.78 is 23.4. The fourth-order valence-electron chi connectivity index (χ4n) is 1.15. The summed E-state index contributed by atoms with van der Waals surface area (Å²) in [4.78, 5) is 0. The Morgan fingerprint density at radius 2 is 1.69 bits per heavy atom. The van der Waals surface area contributed by atoms with Gasteiger partial charge in [0.05, 0.1) is 0 Å². The molecule has 0 aliphatic carbocycles. The van der Waals surface area contributed by atoms with Gasteiger partial charge in [0, 0.05) is 13.1 Å². The zero-order valence-corrected chi connectivity index (χ0v) is 9.31. The number of hydrogen-bond acceptors (Lipinski definition) is 2. The van der Waals surface area contributed by atoms with Gasteiger partial charge in [-0.2, -0.15) is 12.7 Å².